The lowest BCUT2D eigenvalue weighted by molar-refractivity contribution is 0.966. The zero-order valence-corrected chi connectivity index (χ0v) is 8.64. The van der Waals surface area contributed by atoms with Crippen LogP contribution in [0.3, 0.4) is 0 Å². The molecule has 1 aromatic heterocycles. The predicted octanol–water partition coefficient (Wildman–Crippen LogP) is 1.91. The molecule has 0 saturated heterocycles. The van der Waals surface area contributed by atoms with E-state index in [2.05, 4.69) is 29.0 Å². The van der Waals surface area contributed by atoms with E-state index in [1.54, 1.807) is 6.33 Å². The van der Waals surface area contributed by atoms with E-state index in [-0.39, 0.29) is 0 Å². The van der Waals surface area contributed by atoms with Gasteiger partial charge >= 0.3 is 0 Å². The lowest BCUT2D eigenvalue weighted by Gasteiger charge is -2.05. The van der Waals surface area contributed by atoms with Crippen LogP contribution in [0, 0.1) is 6.92 Å². The monoisotopic (exact) mass is 199 g/mol. The Morgan fingerprint density at radius 2 is 2.00 bits per heavy atom. The van der Waals surface area contributed by atoms with Crippen LogP contribution in [0.5, 0.6) is 0 Å². The fourth-order valence-corrected chi connectivity index (χ4v) is 1.52. The summed E-state index contributed by atoms with van der Waals surface area (Å²) in [5.41, 5.74) is 9.68. The van der Waals surface area contributed by atoms with Crippen molar-refractivity contribution in [2.75, 3.05) is 0 Å². The summed E-state index contributed by atoms with van der Waals surface area (Å²) in [7, 11) is 0. The lowest BCUT2D eigenvalue weighted by Crippen LogP contribution is -2.00. The fraction of sp³-hybridized carbons (Fsp3) is 0.167. The summed E-state index contributed by atoms with van der Waals surface area (Å²) in [6, 6.07) is 10.1. The number of aromatic nitrogens is 2. The summed E-state index contributed by atoms with van der Waals surface area (Å²) in [4.78, 5) is 8.33. The van der Waals surface area contributed by atoms with Crippen LogP contribution in [0.4, 0.5) is 0 Å². The van der Waals surface area contributed by atoms with Crippen LogP contribution in [-0.4, -0.2) is 9.97 Å². The van der Waals surface area contributed by atoms with Gasteiger partial charge in [-0.1, -0.05) is 24.3 Å². The molecule has 3 heteroatoms. The van der Waals surface area contributed by atoms with Gasteiger partial charge in [-0.05, 0) is 18.6 Å². The van der Waals surface area contributed by atoms with Crippen molar-refractivity contribution in [1.29, 1.82) is 0 Å². The number of hydrogen-bond acceptors (Lipinski definition) is 3. The van der Waals surface area contributed by atoms with Crippen molar-refractivity contribution < 1.29 is 0 Å². The van der Waals surface area contributed by atoms with Crippen molar-refractivity contribution in [1.82, 2.24) is 9.97 Å². The molecule has 0 aliphatic carbocycles. The second kappa shape index (κ2) is 4.19. The lowest BCUT2D eigenvalue weighted by atomic mass is 10.1. The molecule has 0 radical (unpaired) electrons. The van der Waals surface area contributed by atoms with Crippen molar-refractivity contribution >= 4 is 0 Å². The van der Waals surface area contributed by atoms with Crippen molar-refractivity contribution in [3.63, 3.8) is 0 Å². The van der Waals surface area contributed by atoms with Gasteiger partial charge in [0, 0.05) is 12.1 Å². The highest BCUT2D eigenvalue weighted by Gasteiger charge is 2.03. The Hall–Kier alpha value is -1.74. The largest absolute Gasteiger partial charge is 0.325 e. The quantitative estimate of drug-likeness (QED) is 0.803. The highest BCUT2D eigenvalue weighted by molar-refractivity contribution is 5.63. The van der Waals surface area contributed by atoms with Gasteiger partial charge in [-0.25, -0.2) is 9.97 Å². The molecule has 15 heavy (non-hydrogen) atoms. The smallest absolute Gasteiger partial charge is 0.116 e. The van der Waals surface area contributed by atoms with Gasteiger partial charge in [0.15, 0.2) is 0 Å². The van der Waals surface area contributed by atoms with Crippen molar-refractivity contribution in [2.45, 2.75) is 13.5 Å². The fourth-order valence-electron chi connectivity index (χ4n) is 1.52. The van der Waals surface area contributed by atoms with Gasteiger partial charge in [0.1, 0.15) is 6.33 Å². The maximum atomic E-state index is 5.54. The van der Waals surface area contributed by atoms with E-state index in [9.17, 15) is 0 Å². The summed E-state index contributed by atoms with van der Waals surface area (Å²) >= 11 is 0. The zero-order chi connectivity index (χ0) is 10.7. The Kier molecular flexibility index (Phi) is 2.74. The molecule has 1 heterocycles. The van der Waals surface area contributed by atoms with Crippen LogP contribution < -0.4 is 5.73 Å². The summed E-state index contributed by atoms with van der Waals surface area (Å²) in [5, 5.41) is 0. The van der Waals surface area contributed by atoms with Gasteiger partial charge in [0.2, 0.25) is 0 Å². The predicted molar refractivity (Wildman–Crippen MR) is 60.1 cm³/mol. The molecular weight excluding hydrogens is 186 g/mol. The minimum Gasteiger partial charge on any atom is -0.325 e. The van der Waals surface area contributed by atoms with Crippen molar-refractivity contribution in [3.05, 3.63) is 47.9 Å². The molecule has 1 aromatic carbocycles. The van der Waals surface area contributed by atoms with Crippen LogP contribution in [0.2, 0.25) is 0 Å². The van der Waals surface area contributed by atoms with E-state index in [1.165, 1.54) is 5.56 Å². The topological polar surface area (TPSA) is 51.8 Å². The summed E-state index contributed by atoms with van der Waals surface area (Å²) < 4.78 is 0. The molecule has 0 amide bonds. The number of benzene rings is 1. The third-order valence-electron chi connectivity index (χ3n) is 2.35. The first-order valence-corrected chi connectivity index (χ1v) is 4.88. The Morgan fingerprint density at radius 3 is 2.73 bits per heavy atom. The number of aryl methyl sites for hydroxylation is 1. The van der Waals surface area contributed by atoms with Gasteiger partial charge in [-0.3, -0.25) is 0 Å². The normalized spacial score (nSPS) is 10.3. The van der Waals surface area contributed by atoms with Crippen LogP contribution >= 0.6 is 0 Å². The van der Waals surface area contributed by atoms with Gasteiger partial charge in [-0.2, -0.15) is 0 Å². The summed E-state index contributed by atoms with van der Waals surface area (Å²) in [6.45, 7) is 2.51. The van der Waals surface area contributed by atoms with Crippen molar-refractivity contribution in [3.8, 4) is 11.3 Å². The van der Waals surface area contributed by atoms with Crippen LogP contribution in [-0.2, 0) is 6.54 Å². The average Bonchev–Trinajstić information content (AvgIpc) is 2.30. The van der Waals surface area contributed by atoms with E-state index < -0.39 is 0 Å². The highest BCUT2D eigenvalue weighted by Crippen LogP contribution is 2.20. The number of nitrogens with two attached hydrogens (primary N) is 1. The first-order valence-electron chi connectivity index (χ1n) is 4.88. The third-order valence-corrected chi connectivity index (χ3v) is 2.35. The number of rotatable bonds is 2. The molecule has 76 valence electrons. The van der Waals surface area contributed by atoms with Crippen LogP contribution in [0.15, 0.2) is 36.7 Å². The molecule has 0 saturated carbocycles. The maximum Gasteiger partial charge on any atom is 0.116 e. The first-order chi connectivity index (χ1) is 7.31. The second-order valence-electron chi connectivity index (χ2n) is 3.41. The molecule has 0 aliphatic rings. The van der Waals surface area contributed by atoms with Gasteiger partial charge in [-0.15, -0.1) is 0 Å². The Bertz CT molecular complexity index is 466. The van der Waals surface area contributed by atoms with Gasteiger partial charge in [0.05, 0.1) is 11.4 Å². The second-order valence-corrected chi connectivity index (χ2v) is 3.41. The van der Waals surface area contributed by atoms with Gasteiger partial charge < -0.3 is 5.73 Å². The Balaban J connectivity index is 2.49. The zero-order valence-electron chi connectivity index (χ0n) is 8.64. The summed E-state index contributed by atoms with van der Waals surface area (Å²) in [5.74, 6) is 0. The molecule has 2 aromatic rings. The number of nitrogens with zero attached hydrogens (tertiary/aromatic N) is 2. The molecule has 0 unspecified atom stereocenters. The minimum atomic E-state index is 0.446. The average molecular weight is 199 g/mol. The molecule has 0 bridgehead atoms. The first kappa shape index (κ1) is 9.80. The molecule has 2 rings (SSSR count). The van der Waals surface area contributed by atoms with Crippen LogP contribution in [0.25, 0.3) is 11.3 Å². The third kappa shape index (κ3) is 2.02. The van der Waals surface area contributed by atoms with E-state index in [0.29, 0.717) is 6.54 Å². The molecular formula is C12H13N3. The van der Waals surface area contributed by atoms with E-state index >= 15 is 0 Å². The molecule has 0 atom stereocenters. The number of hydrogen-bond donors (Lipinski definition) is 1. The SMILES string of the molecule is Cc1ccccc1-c1cc(CN)ncn1. The summed E-state index contributed by atoms with van der Waals surface area (Å²) in [6.07, 6.45) is 1.56. The molecule has 0 fully saturated rings. The van der Waals surface area contributed by atoms with E-state index in [4.69, 9.17) is 5.73 Å². The molecule has 3 nitrogen and oxygen atoms in total. The molecule has 0 spiro atoms. The van der Waals surface area contributed by atoms with Gasteiger partial charge in [0.25, 0.3) is 0 Å². The standard InChI is InChI=1S/C12H13N3/c1-9-4-2-3-5-11(9)12-6-10(7-13)14-8-15-12/h2-6,8H,7,13H2,1H3. The minimum absolute atomic E-state index is 0.446. The van der Waals surface area contributed by atoms with Crippen molar-refractivity contribution in [2.24, 2.45) is 5.73 Å². The van der Waals surface area contributed by atoms with E-state index in [0.717, 1.165) is 17.0 Å². The Labute approximate surface area is 89.0 Å². The maximum absolute atomic E-state index is 5.54. The highest BCUT2D eigenvalue weighted by atomic mass is 14.8. The van der Waals surface area contributed by atoms with E-state index in [1.807, 2.05) is 18.2 Å². The molecule has 2 N–H and O–H groups in total. The Morgan fingerprint density at radius 1 is 1.20 bits per heavy atom. The van der Waals surface area contributed by atoms with Crippen LogP contribution in [0.1, 0.15) is 11.3 Å². The molecule has 0 aliphatic heterocycles.